The first-order valence-corrected chi connectivity index (χ1v) is 8.56. The van der Waals surface area contributed by atoms with Gasteiger partial charge in [0.05, 0.1) is 12.6 Å². The van der Waals surface area contributed by atoms with E-state index < -0.39 is 0 Å². The quantitative estimate of drug-likeness (QED) is 0.869. The average Bonchev–Trinajstić information content (AvgIpc) is 2.93. The summed E-state index contributed by atoms with van der Waals surface area (Å²) in [6, 6.07) is 6.99. The lowest BCUT2D eigenvalue weighted by Gasteiger charge is -2.32. The maximum atomic E-state index is 12.1. The Bertz CT molecular complexity index is 656. The summed E-state index contributed by atoms with van der Waals surface area (Å²) in [5, 5.41) is 5.65. The van der Waals surface area contributed by atoms with E-state index in [1.54, 1.807) is 4.90 Å². The van der Waals surface area contributed by atoms with Crippen LogP contribution in [0.1, 0.15) is 27.2 Å². The molecule has 25 heavy (non-hydrogen) atoms. The van der Waals surface area contributed by atoms with Crippen LogP contribution in [0.5, 0.6) is 11.5 Å². The fourth-order valence-electron chi connectivity index (χ4n) is 3.06. The first-order valence-electron chi connectivity index (χ1n) is 8.56. The molecule has 7 heteroatoms. The summed E-state index contributed by atoms with van der Waals surface area (Å²) in [6.07, 6.45) is 0.0955. The number of urea groups is 1. The lowest BCUT2D eigenvalue weighted by Crippen LogP contribution is -2.49. The van der Waals surface area contributed by atoms with Crippen LogP contribution in [-0.2, 0) is 4.79 Å². The number of amides is 3. The molecular formula is C18H25N3O4. The number of para-hydroxylation sites is 2. The van der Waals surface area contributed by atoms with E-state index >= 15 is 0 Å². The van der Waals surface area contributed by atoms with E-state index in [1.165, 1.54) is 0 Å². The zero-order valence-corrected chi connectivity index (χ0v) is 14.9. The molecule has 1 fully saturated rings. The summed E-state index contributed by atoms with van der Waals surface area (Å²) in [5.41, 5.74) is -0.231. The van der Waals surface area contributed by atoms with Crippen LogP contribution >= 0.6 is 0 Å². The van der Waals surface area contributed by atoms with Gasteiger partial charge in [-0.15, -0.1) is 0 Å². The van der Waals surface area contributed by atoms with Crippen LogP contribution in [-0.4, -0.2) is 54.2 Å². The third-order valence-corrected chi connectivity index (χ3v) is 4.33. The minimum atomic E-state index is -0.295. The Hall–Kier alpha value is -2.44. The molecule has 3 amide bonds. The van der Waals surface area contributed by atoms with Crippen LogP contribution in [0.15, 0.2) is 24.3 Å². The number of rotatable bonds is 3. The Morgan fingerprint density at radius 2 is 2.00 bits per heavy atom. The molecule has 136 valence electrons. The van der Waals surface area contributed by atoms with Crippen molar-refractivity contribution in [2.75, 3.05) is 19.7 Å². The first-order chi connectivity index (χ1) is 11.8. The Morgan fingerprint density at radius 1 is 1.28 bits per heavy atom. The van der Waals surface area contributed by atoms with E-state index in [0.717, 1.165) is 5.75 Å². The van der Waals surface area contributed by atoms with Crippen LogP contribution < -0.4 is 20.1 Å². The highest BCUT2D eigenvalue weighted by molar-refractivity contribution is 5.82. The summed E-state index contributed by atoms with van der Waals surface area (Å²) in [5.74, 6) is 1.47. The third kappa shape index (κ3) is 4.15. The molecule has 2 unspecified atom stereocenters. The molecular weight excluding hydrogens is 322 g/mol. The van der Waals surface area contributed by atoms with E-state index in [4.69, 9.17) is 9.47 Å². The van der Waals surface area contributed by atoms with Gasteiger partial charge in [-0.2, -0.15) is 0 Å². The third-order valence-electron chi connectivity index (χ3n) is 4.33. The summed E-state index contributed by atoms with van der Waals surface area (Å²) in [7, 11) is 0. The largest absolute Gasteiger partial charge is 0.486 e. The van der Waals surface area contributed by atoms with Crippen molar-refractivity contribution in [2.45, 2.75) is 44.9 Å². The van der Waals surface area contributed by atoms with Crippen LogP contribution in [0.25, 0.3) is 0 Å². The molecule has 2 atom stereocenters. The molecule has 1 saturated heterocycles. The van der Waals surface area contributed by atoms with Crippen molar-refractivity contribution >= 4 is 11.9 Å². The summed E-state index contributed by atoms with van der Waals surface area (Å²) < 4.78 is 11.4. The number of fused-ring (bicyclic) bond motifs is 1. The smallest absolute Gasteiger partial charge is 0.315 e. The van der Waals surface area contributed by atoms with Gasteiger partial charge in [-0.3, -0.25) is 4.79 Å². The normalized spacial score (nSPS) is 22.7. The van der Waals surface area contributed by atoms with E-state index in [1.807, 2.05) is 45.0 Å². The molecule has 7 nitrogen and oxygen atoms in total. The van der Waals surface area contributed by atoms with Crippen LogP contribution in [0.4, 0.5) is 4.79 Å². The topological polar surface area (TPSA) is 79.9 Å². The fourth-order valence-corrected chi connectivity index (χ4v) is 3.06. The molecule has 0 bridgehead atoms. The van der Waals surface area contributed by atoms with E-state index in [2.05, 4.69) is 10.6 Å². The number of carbonyl (C=O) groups is 2. The second-order valence-electron chi connectivity index (χ2n) is 7.43. The molecule has 0 spiro atoms. The molecule has 1 aromatic carbocycles. The highest BCUT2D eigenvalue weighted by Gasteiger charge is 2.36. The number of benzene rings is 1. The van der Waals surface area contributed by atoms with Gasteiger partial charge in [0.2, 0.25) is 5.91 Å². The lowest BCUT2D eigenvalue weighted by atomic mass is 10.1. The number of hydrogen-bond acceptors (Lipinski definition) is 4. The average molecular weight is 347 g/mol. The predicted molar refractivity (Wildman–Crippen MR) is 92.8 cm³/mol. The predicted octanol–water partition coefficient (Wildman–Crippen LogP) is 1.52. The Morgan fingerprint density at radius 3 is 2.68 bits per heavy atom. The van der Waals surface area contributed by atoms with E-state index in [-0.39, 0.29) is 29.6 Å². The SMILES string of the molecule is CC(C)(C)N1CC(NC(=O)NCC2COc3ccccc3O2)CC1=O. The molecule has 2 N–H and O–H groups in total. The summed E-state index contributed by atoms with van der Waals surface area (Å²) >= 11 is 0. The highest BCUT2D eigenvalue weighted by atomic mass is 16.6. The van der Waals surface area contributed by atoms with E-state index in [9.17, 15) is 9.59 Å². The van der Waals surface area contributed by atoms with Crippen molar-refractivity contribution in [1.82, 2.24) is 15.5 Å². The lowest BCUT2D eigenvalue weighted by molar-refractivity contribution is -0.131. The van der Waals surface area contributed by atoms with Gasteiger partial charge in [-0.05, 0) is 32.9 Å². The molecule has 0 aromatic heterocycles. The zero-order chi connectivity index (χ0) is 18.0. The van der Waals surface area contributed by atoms with Gasteiger partial charge in [-0.25, -0.2) is 4.79 Å². The molecule has 3 rings (SSSR count). The van der Waals surface area contributed by atoms with Crippen LogP contribution in [0, 0.1) is 0 Å². The van der Waals surface area contributed by atoms with Gasteiger partial charge >= 0.3 is 6.03 Å². The summed E-state index contributed by atoms with van der Waals surface area (Å²) in [6.45, 7) is 7.23. The van der Waals surface area contributed by atoms with Gasteiger partial charge in [0.25, 0.3) is 0 Å². The van der Waals surface area contributed by atoms with Crippen LogP contribution in [0.3, 0.4) is 0 Å². The van der Waals surface area contributed by atoms with Gasteiger partial charge in [0, 0.05) is 18.5 Å². The van der Waals surface area contributed by atoms with Gasteiger partial charge in [0.1, 0.15) is 6.61 Å². The summed E-state index contributed by atoms with van der Waals surface area (Å²) in [4.78, 5) is 26.0. The number of nitrogens with one attached hydrogen (secondary N) is 2. The number of nitrogens with zero attached hydrogens (tertiary/aromatic N) is 1. The van der Waals surface area contributed by atoms with Crippen molar-refractivity contribution in [2.24, 2.45) is 0 Å². The highest BCUT2D eigenvalue weighted by Crippen LogP contribution is 2.30. The van der Waals surface area contributed by atoms with Crippen molar-refractivity contribution < 1.29 is 19.1 Å². The molecule has 2 aliphatic rings. The number of likely N-dealkylation sites (tertiary alicyclic amines) is 1. The Labute approximate surface area is 147 Å². The van der Waals surface area contributed by atoms with Crippen molar-refractivity contribution in [1.29, 1.82) is 0 Å². The monoisotopic (exact) mass is 347 g/mol. The molecule has 0 aliphatic carbocycles. The number of carbonyl (C=O) groups excluding carboxylic acids is 2. The van der Waals surface area contributed by atoms with E-state index in [0.29, 0.717) is 31.9 Å². The Kier molecular flexibility index (Phi) is 4.74. The zero-order valence-electron chi connectivity index (χ0n) is 14.9. The first kappa shape index (κ1) is 17.4. The van der Waals surface area contributed by atoms with Crippen molar-refractivity contribution in [3.05, 3.63) is 24.3 Å². The van der Waals surface area contributed by atoms with Gasteiger partial charge < -0.3 is 25.0 Å². The number of hydrogen-bond donors (Lipinski definition) is 2. The van der Waals surface area contributed by atoms with Crippen molar-refractivity contribution in [3.63, 3.8) is 0 Å². The molecule has 2 heterocycles. The second kappa shape index (κ2) is 6.82. The maximum Gasteiger partial charge on any atom is 0.315 e. The minimum Gasteiger partial charge on any atom is -0.486 e. The maximum absolute atomic E-state index is 12.1. The number of ether oxygens (including phenoxy) is 2. The van der Waals surface area contributed by atoms with Crippen molar-refractivity contribution in [3.8, 4) is 11.5 Å². The Balaban J connectivity index is 1.44. The molecule has 2 aliphatic heterocycles. The fraction of sp³-hybridized carbons (Fsp3) is 0.556. The minimum absolute atomic E-state index is 0.0680. The van der Waals surface area contributed by atoms with Gasteiger partial charge in [-0.1, -0.05) is 12.1 Å². The molecule has 1 aromatic rings. The standard InChI is InChI=1S/C18H25N3O4/c1-18(2,3)21-10-12(8-16(21)22)20-17(23)19-9-13-11-24-14-6-4-5-7-15(14)25-13/h4-7,12-13H,8-11H2,1-3H3,(H2,19,20,23). The molecule has 0 radical (unpaired) electrons. The second-order valence-corrected chi connectivity index (χ2v) is 7.43. The molecule has 0 saturated carbocycles. The van der Waals surface area contributed by atoms with Crippen LogP contribution in [0.2, 0.25) is 0 Å². The van der Waals surface area contributed by atoms with Gasteiger partial charge in [0.15, 0.2) is 17.6 Å².